The van der Waals surface area contributed by atoms with E-state index in [0.29, 0.717) is 22.3 Å². The van der Waals surface area contributed by atoms with Gasteiger partial charge in [-0.15, -0.1) is 0 Å². The van der Waals surface area contributed by atoms with Gasteiger partial charge in [0.1, 0.15) is 24.7 Å². The van der Waals surface area contributed by atoms with Crippen LogP contribution in [0.25, 0.3) is 0 Å². The van der Waals surface area contributed by atoms with E-state index >= 15 is 0 Å². The van der Waals surface area contributed by atoms with Gasteiger partial charge in [0, 0.05) is 0 Å². The van der Waals surface area contributed by atoms with Crippen LogP contribution >= 0.6 is 0 Å². The highest BCUT2D eigenvalue weighted by molar-refractivity contribution is 7.92. The highest BCUT2D eigenvalue weighted by Gasteiger charge is 2.32. The highest BCUT2D eigenvalue weighted by atomic mass is 32.2. The maximum atomic E-state index is 13.1. The quantitative estimate of drug-likeness (QED) is 0.214. The van der Waals surface area contributed by atoms with Crippen molar-refractivity contribution >= 4 is 21.8 Å². The maximum Gasteiger partial charge on any atom is 0.307 e. The van der Waals surface area contributed by atoms with Crippen LogP contribution in [0, 0.1) is 27.7 Å². The van der Waals surface area contributed by atoms with Gasteiger partial charge in [0.2, 0.25) is 0 Å². The van der Waals surface area contributed by atoms with E-state index in [0.717, 1.165) is 35.1 Å². The Balaban J connectivity index is 1.99. The Bertz CT molecular complexity index is 1330. The summed E-state index contributed by atoms with van der Waals surface area (Å²) in [6, 6.07) is 3.81. The van der Waals surface area contributed by atoms with Crippen molar-refractivity contribution in [3.8, 4) is 11.5 Å². The number of hydrogen-bond donors (Lipinski definition) is 2. The molecule has 0 aliphatic rings. The first-order chi connectivity index (χ1) is 20.0. The average molecular weight is 619 g/mol. The van der Waals surface area contributed by atoms with Gasteiger partial charge in [0.05, 0.1) is 23.3 Å². The second-order valence-corrected chi connectivity index (χ2v) is 14.8. The molecular formula is C34H50O8S. The van der Waals surface area contributed by atoms with E-state index in [-0.39, 0.29) is 49.4 Å². The zero-order valence-electron chi connectivity index (χ0n) is 27.5. The van der Waals surface area contributed by atoms with E-state index in [4.69, 9.17) is 9.47 Å². The number of phenolic OH excluding ortho intramolecular Hbond substituents is 2. The van der Waals surface area contributed by atoms with E-state index < -0.39 is 32.3 Å². The van der Waals surface area contributed by atoms with E-state index in [1.807, 2.05) is 53.7 Å². The number of carbonyl (C=O) groups excluding carboxylic acids is 2. The number of phenols is 2. The van der Waals surface area contributed by atoms with Crippen LogP contribution in [0.5, 0.6) is 11.5 Å². The van der Waals surface area contributed by atoms with Gasteiger partial charge >= 0.3 is 11.9 Å². The van der Waals surface area contributed by atoms with Crippen LogP contribution in [0.1, 0.15) is 124 Å². The number of aryl methyl sites for hydroxylation is 2. The monoisotopic (exact) mass is 618 g/mol. The maximum absolute atomic E-state index is 13.1. The molecule has 2 N–H and O–H groups in total. The lowest BCUT2D eigenvalue weighted by Crippen LogP contribution is -2.32. The normalized spacial score (nSPS) is 14.6. The molecule has 0 bridgehead atoms. The van der Waals surface area contributed by atoms with E-state index in [2.05, 4.69) is 0 Å². The van der Waals surface area contributed by atoms with Crippen molar-refractivity contribution in [3.63, 3.8) is 0 Å². The molecule has 0 aromatic heterocycles. The lowest BCUT2D eigenvalue weighted by molar-refractivity contribution is -0.145. The van der Waals surface area contributed by atoms with Gasteiger partial charge in [0.15, 0.2) is 9.84 Å². The summed E-state index contributed by atoms with van der Waals surface area (Å²) < 4.78 is 37.1. The molecule has 0 aliphatic heterocycles. The largest absolute Gasteiger partial charge is 0.507 e. The molecule has 2 rings (SSSR count). The van der Waals surface area contributed by atoms with Gasteiger partial charge in [-0.3, -0.25) is 9.59 Å². The molecule has 8 nitrogen and oxygen atoms in total. The summed E-state index contributed by atoms with van der Waals surface area (Å²) >= 11 is 0. The number of ether oxygens (including phenoxy) is 2. The van der Waals surface area contributed by atoms with Crippen LogP contribution in [0.4, 0.5) is 0 Å². The molecule has 0 spiro atoms. The Morgan fingerprint density at radius 3 is 1.33 bits per heavy atom. The lowest BCUT2D eigenvalue weighted by Gasteiger charge is -2.20. The van der Waals surface area contributed by atoms with Crippen molar-refractivity contribution < 1.29 is 37.7 Å². The number of hydrogen-bond acceptors (Lipinski definition) is 8. The van der Waals surface area contributed by atoms with Crippen molar-refractivity contribution in [2.45, 2.75) is 130 Å². The molecular weight excluding hydrogens is 568 g/mol. The second kappa shape index (κ2) is 15.1. The summed E-state index contributed by atoms with van der Waals surface area (Å²) in [5.74, 6) is -0.617. The minimum Gasteiger partial charge on any atom is -0.507 e. The Morgan fingerprint density at radius 1 is 0.698 bits per heavy atom. The molecule has 0 aliphatic carbocycles. The van der Waals surface area contributed by atoms with Crippen LogP contribution in [-0.4, -0.2) is 41.1 Å². The average Bonchev–Trinajstić information content (AvgIpc) is 2.95. The zero-order chi connectivity index (χ0) is 32.8. The first-order valence-electron chi connectivity index (χ1n) is 15.1. The number of esters is 2. The van der Waals surface area contributed by atoms with Gasteiger partial charge in [-0.05, 0) is 111 Å². The summed E-state index contributed by atoms with van der Waals surface area (Å²) in [5, 5.41) is 19.2. The smallest absolute Gasteiger partial charge is 0.307 e. The minimum atomic E-state index is -3.86. The van der Waals surface area contributed by atoms with Crippen LogP contribution in [0.15, 0.2) is 12.1 Å². The first-order valence-corrected chi connectivity index (χ1v) is 16.8. The molecule has 0 saturated carbocycles. The van der Waals surface area contributed by atoms with Crippen molar-refractivity contribution in [2.75, 3.05) is 0 Å². The first kappa shape index (κ1) is 36.1. The third-order valence-corrected chi connectivity index (χ3v) is 11.5. The van der Waals surface area contributed by atoms with Crippen molar-refractivity contribution in [1.29, 1.82) is 0 Å². The van der Waals surface area contributed by atoms with Crippen LogP contribution in [0.3, 0.4) is 0 Å². The molecule has 4 unspecified atom stereocenters. The fourth-order valence-corrected chi connectivity index (χ4v) is 6.77. The molecule has 0 saturated heterocycles. The Labute approximate surface area is 257 Å². The van der Waals surface area contributed by atoms with Crippen LogP contribution < -0.4 is 0 Å². The number of sulfone groups is 1. The van der Waals surface area contributed by atoms with Crippen molar-refractivity contribution in [2.24, 2.45) is 0 Å². The summed E-state index contributed by atoms with van der Waals surface area (Å²) in [4.78, 5) is 25.2. The molecule has 43 heavy (non-hydrogen) atoms. The topological polar surface area (TPSA) is 127 Å². The van der Waals surface area contributed by atoms with Gasteiger partial charge in [-0.1, -0.05) is 39.8 Å². The molecule has 4 atom stereocenters. The minimum absolute atomic E-state index is 0.0772. The molecule has 9 heteroatoms. The summed E-state index contributed by atoms with van der Waals surface area (Å²) in [7, 11) is -3.86. The highest BCUT2D eigenvalue weighted by Crippen LogP contribution is 2.36. The second-order valence-electron chi connectivity index (χ2n) is 12.0. The predicted molar refractivity (Wildman–Crippen MR) is 169 cm³/mol. The zero-order valence-corrected chi connectivity index (χ0v) is 28.3. The summed E-state index contributed by atoms with van der Waals surface area (Å²) in [6.45, 7) is 18.2. The van der Waals surface area contributed by atoms with Gasteiger partial charge in [-0.2, -0.15) is 0 Å². The van der Waals surface area contributed by atoms with Crippen LogP contribution in [-0.2, 0) is 42.1 Å². The molecule has 0 fully saturated rings. The Kier molecular flexibility index (Phi) is 12.7. The molecule has 0 radical (unpaired) electrons. The summed E-state index contributed by atoms with van der Waals surface area (Å²) in [6.07, 6.45) is 1.02. The molecule has 240 valence electrons. The standard InChI is InChI=1S/C34H50O8S/c1-11-19(3)27-13-21(5)29(25(9)33(27)37)17-41-31(35)15-23(7)43(39,40)24(8)16-32(36)42-18-30-22(6)14-28(20(4)12-2)34(38)26(30)10/h13-14,19-20,23-24,37-38H,11-12,15-18H2,1-10H3. The van der Waals surface area contributed by atoms with E-state index in [9.17, 15) is 28.2 Å². The molecule has 0 amide bonds. The number of aromatic hydroxyl groups is 2. The Morgan fingerprint density at radius 2 is 1.02 bits per heavy atom. The number of rotatable bonds is 14. The van der Waals surface area contributed by atoms with Crippen molar-refractivity contribution in [1.82, 2.24) is 0 Å². The Hall–Kier alpha value is -3.07. The number of benzene rings is 2. The molecule has 0 heterocycles. The van der Waals surface area contributed by atoms with Crippen LogP contribution in [0.2, 0.25) is 0 Å². The molecule has 2 aromatic rings. The molecule has 2 aromatic carbocycles. The summed E-state index contributed by atoms with van der Waals surface area (Å²) in [5.41, 5.74) is 6.14. The SMILES string of the molecule is CCC(C)c1cc(C)c(COC(=O)CC(C)S(=O)(=O)C(C)CC(=O)OCc2c(C)cc(C(C)CC)c(O)c2C)c(C)c1O. The van der Waals surface area contributed by atoms with Crippen molar-refractivity contribution in [3.05, 3.63) is 56.6 Å². The van der Waals surface area contributed by atoms with E-state index in [1.54, 1.807) is 13.8 Å². The fourth-order valence-electron chi connectivity index (χ4n) is 5.24. The third kappa shape index (κ3) is 8.52. The van der Waals surface area contributed by atoms with E-state index in [1.165, 1.54) is 13.8 Å². The fraction of sp³-hybridized carbons (Fsp3) is 0.588. The van der Waals surface area contributed by atoms with Gasteiger partial charge in [0.25, 0.3) is 0 Å². The third-order valence-electron chi connectivity index (χ3n) is 8.93. The van der Waals surface area contributed by atoms with Gasteiger partial charge < -0.3 is 19.7 Å². The lowest BCUT2D eigenvalue weighted by atomic mass is 9.90. The number of carbonyl (C=O) groups is 2. The van der Waals surface area contributed by atoms with Gasteiger partial charge in [-0.25, -0.2) is 8.42 Å². The predicted octanol–water partition coefficient (Wildman–Crippen LogP) is 7.12.